The predicted octanol–water partition coefficient (Wildman–Crippen LogP) is 1.91. The highest BCUT2D eigenvalue weighted by atomic mass is 32.1. The Kier molecular flexibility index (Phi) is 4.10. The number of hydrogen-bond donors (Lipinski definition) is 1. The van der Waals surface area contributed by atoms with Crippen molar-refractivity contribution in [3.8, 4) is 0 Å². The molecule has 0 spiro atoms. The van der Waals surface area contributed by atoms with E-state index in [1.54, 1.807) is 11.1 Å². The molecule has 1 aliphatic rings. The number of aromatic nitrogens is 1. The topological polar surface area (TPSA) is 62.7 Å². The van der Waals surface area contributed by atoms with Gasteiger partial charge in [-0.05, 0) is 44.8 Å². The summed E-state index contributed by atoms with van der Waals surface area (Å²) < 4.78 is 9.37. The number of rotatable bonds is 2. The zero-order valence-electron chi connectivity index (χ0n) is 11.5. The van der Waals surface area contributed by atoms with E-state index in [2.05, 4.69) is 4.37 Å². The van der Waals surface area contributed by atoms with Crippen molar-refractivity contribution in [1.82, 2.24) is 9.27 Å². The number of ether oxygens (including phenoxy) is 1. The Morgan fingerprint density at radius 1 is 1.58 bits per heavy atom. The monoisotopic (exact) mass is 284 g/mol. The predicted molar refractivity (Wildman–Crippen MR) is 73.1 cm³/mol. The Labute approximate surface area is 117 Å². The summed E-state index contributed by atoms with van der Waals surface area (Å²) in [4.78, 5) is 14.7. The number of hydrogen-bond acceptors (Lipinski definition) is 5. The van der Waals surface area contributed by atoms with Gasteiger partial charge in [0.05, 0.1) is 12.6 Å². The molecule has 1 N–H and O–H groups in total. The average Bonchev–Trinajstić information content (AvgIpc) is 2.88. The molecule has 106 valence electrons. The van der Waals surface area contributed by atoms with Crippen LogP contribution in [0, 0.1) is 5.92 Å². The maximum atomic E-state index is 11.9. The minimum absolute atomic E-state index is 0.0629. The minimum atomic E-state index is -0.502. The third kappa shape index (κ3) is 3.91. The molecule has 0 bridgehead atoms. The van der Waals surface area contributed by atoms with Crippen molar-refractivity contribution >= 4 is 17.6 Å². The fourth-order valence-electron chi connectivity index (χ4n) is 2.14. The molecule has 1 aromatic heterocycles. The van der Waals surface area contributed by atoms with Crippen molar-refractivity contribution in [2.24, 2.45) is 5.92 Å². The Hall–Kier alpha value is -1.14. The molecule has 0 aliphatic carbocycles. The molecule has 2 heterocycles. The first-order chi connectivity index (χ1) is 8.85. The fourth-order valence-corrected chi connectivity index (χ4v) is 2.80. The van der Waals surface area contributed by atoms with Crippen LogP contribution in [0.3, 0.4) is 0 Å². The Morgan fingerprint density at radius 2 is 2.32 bits per heavy atom. The molecule has 0 aromatic carbocycles. The molecular weight excluding hydrogens is 264 g/mol. The van der Waals surface area contributed by atoms with Crippen molar-refractivity contribution in [2.45, 2.75) is 38.9 Å². The quantitative estimate of drug-likeness (QED) is 0.901. The molecule has 1 amide bonds. The van der Waals surface area contributed by atoms with Gasteiger partial charge in [-0.1, -0.05) is 0 Å². The van der Waals surface area contributed by atoms with Gasteiger partial charge in [-0.15, -0.1) is 0 Å². The molecule has 2 rings (SSSR count). The van der Waals surface area contributed by atoms with E-state index in [4.69, 9.17) is 4.74 Å². The maximum Gasteiger partial charge on any atom is 0.410 e. The molecule has 2 atom stereocenters. The van der Waals surface area contributed by atoms with E-state index >= 15 is 0 Å². The largest absolute Gasteiger partial charge is 0.444 e. The summed E-state index contributed by atoms with van der Waals surface area (Å²) in [7, 11) is 0. The van der Waals surface area contributed by atoms with Gasteiger partial charge in [0, 0.05) is 23.5 Å². The van der Waals surface area contributed by atoms with Gasteiger partial charge < -0.3 is 14.7 Å². The van der Waals surface area contributed by atoms with Crippen LogP contribution in [0.4, 0.5) is 4.79 Å². The molecule has 0 radical (unpaired) electrons. The molecule has 1 aromatic rings. The van der Waals surface area contributed by atoms with Gasteiger partial charge in [0.1, 0.15) is 5.60 Å². The third-order valence-electron chi connectivity index (χ3n) is 3.01. The lowest BCUT2D eigenvalue weighted by Gasteiger charge is -2.24. The van der Waals surface area contributed by atoms with E-state index in [1.807, 2.05) is 26.8 Å². The maximum absolute atomic E-state index is 11.9. The van der Waals surface area contributed by atoms with E-state index in [9.17, 15) is 9.90 Å². The number of aliphatic hydroxyl groups is 1. The molecule has 1 saturated heterocycles. The Bertz CT molecular complexity index is 428. The number of β-amino-alcohol motifs (C(OH)–C–C–N with tert-alkyl or cyclic N) is 1. The van der Waals surface area contributed by atoms with Crippen LogP contribution in [0.25, 0.3) is 0 Å². The van der Waals surface area contributed by atoms with Crippen molar-refractivity contribution in [2.75, 3.05) is 13.1 Å². The highest BCUT2D eigenvalue weighted by molar-refractivity contribution is 7.05. The number of carbonyl (C=O) groups is 1. The lowest BCUT2D eigenvalue weighted by atomic mass is 10.0. The van der Waals surface area contributed by atoms with Gasteiger partial charge in [0.25, 0.3) is 0 Å². The Balaban J connectivity index is 1.91. The number of aliphatic hydroxyl groups excluding tert-OH is 1. The van der Waals surface area contributed by atoms with E-state index in [1.165, 1.54) is 11.5 Å². The highest BCUT2D eigenvalue weighted by Gasteiger charge is 2.36. The molecule has 0 saturated carbocycles. The molecule has 1 fully saturated rings. The normalized spacial score (nSPS) is 23.7. The summed E-state index contributed by atoms with van der Waals surface area (Å²) >= 11 is 1.44. The zero-order valence-corrected chi connectivity index (χ0v) is 12.3. The molecule has 19 heavy (non-hydrogen) atoms. The van der Waals surface area contributed by atoms with Crippen LogP contribution in [-0.4, -0.2) is 45.3 Å². The summed E-state index contributed by atoms with van der Waals surface area (Å²) in [6, 6.07) is 1.95. The summed E-state index contributed by atoms with van der Waals surface area (Å²) in [5.74, 6) is 0.0629. The first kappa shape index (κ1) is 14.3. The molecule has 0 unspecified atom stereocenters. The van der Waals surface area contributed by atoms with Crippen LogP contribution in [-0.2, 0) is 11.2 Å². The average molecular weight is 284 g/mol. The molecule has 1 aliphatic heterocycles. The molecular formula is C13H20N2O3S. The number of likely N-dealkylation sites (tertiary alicyclic amines) is 1. The van der Waals surface area contributed by atoms with Gasteiger partial charge in [-0.2, -0.15) is 0 Å². The second-order valence-electron chi connectivity index (χ2n) is 5.90. The smallest absolute Gasteiger partial charge is 0.410 e. The minimum Gasteiger partial charge on any atom is -0.444 e. The van der Waals surface area contributed by atoms with Crippen LogP contribution in [0.1, 0.15) is 25.6 Å². The lowest BCUT2D eigenvalue weighted by Crippen LogP contribution is -2.35. The first-order valence-corrected chi connectivity index (χ1v) is 7.18. The van der Waals surface area contributed by atoms with Gasteiger partial charge in [0.2, 0.25) is 0 Å². The van der Waals surface area contributed by atoms with E-state index in [-0.39, 0.29) is 12.0 Å². The van der Waals surface area contributed by atoms with E-state index < -0.39 is 11.7 Å². The van der Waals surface area contributed by atoms with Gasteiger partial charge in [0.15, 0.2) is 0 Å². The van der Waals surface area contributed by atoms with Crippen LogP contribution < -0.4 is 0 Å². The van der Waals surface area contributed by atoms with Gasteiger partial charge in [-0.3, -0.25) is 0 Å². The Morgan fingerprint density at radius 3 is 2.89 bits per heavy atom. The molecule has 5 nitrogen and oxygen atoms in total. The third-order valence-corrected chi connectivity index (χ3v) is 3.78. The SMILES string of the molecule is CC(C)(C)OC(=O)N1C[C@@H](Cc2ccns2)[C@H](O)C1. The number of amides is 1. The summed E-state index contributed by atoms with van der Waals surface area (Å²) in [5, 5.41) is 10.0. The van der Waals surface area contributed by atoms with Crippen LogP contribution in [0.5, 0.6) is 0 Å². The van der Waals surface area contributed by atoms with Crippen molar-refractivity contribution in [3.63, 3.8) is 0 Å². The van der Waals surface area contributed by atoms with Crippen LogP contribution >= 0.6 is 11.5 Å². The van der Waals surface area contributed by atoms with Gasteiger partial charge >= 0.3 is 6.09 Å². The van der Waals surface area contributed by atoms with Gasteiger partial charge in [-0.25, -0.2) is 9.17 Å². The first-order valence-electron chi connectivity index (χ1n) is 6.41. The van der Waals surface area contributed by atoms with Crippen molar-refractivity contribution < 1.29 is 14.6 Å². The molecule has 6 heteroatoms. The second-order valence-corrected chi connectivity index (χ2v) is 6.81. The van der Waals surface area contributed by atoms with E-state index in [0.29, 0.717) is 13.1 Å². The van der Waals surface area contributed by atoms with E-state index in [0.717, 1.165) is 11.3 Å². The summed E-state index contributed by atoms with van der Waals surface area (Å²) in [5.41, 5.74) is -0.502. The second kappa shape index (κ2) is 5.46. The van der Waals surface area contributed by atoms with Crippen molar-refractivity contribution in [3.05, 3.63) is 17.1 Å². The lowest BCUT2D eigenvalue weighted by molar-refractivity contribution is 0.0270. The summed E-state index contributed by atoms with van der Waals surface area (Å²) in [6.07, 6.45) is 1.67. The number of nitrogens with zero attached hydrogens (tertiary/aromatic N) is 2. The number of carbonyl (C=O) groups excluding carboxylic acids is 1. The highest BCUT2D eigenvalue weighted by Crippen LogP contribution is 2.24. The van der Waals surface area contributed by atoms with Crippen molar-refractivity contribution in [1.29, 1.82) is 0 Å². The van der Waals surface area contributed by atoms with Crippen LogP contribution in [0.15, 0.2) is 12.3 Å². The van der Waals surface area contributed by atoms with Crippen LogP contribution in [0.2, 0.25) is 0 Å². The summed E-state index contributed by atoms with van der Waals surface area (Å²) in [6.45, 7) is 6.40. The standard InChI is InChI=1S/C13H20N2O3S/c1-13(2,3)18-12(17)15-7-9(11(16)8-15)6-10-4-5-14-19-10/h4-5,9,11,16H,6-8H2,1-3H3/t9-,11-/m1/s1. The fraction of sp³-hybridized carbons (Fsp3) is 0.692. The zero-order chi connectivity index (χ0) is 14.0.